The Balaban J connectivity index is 0.00000341. The van der Waals surface area contributed by atoms with E-state index in [2.05, 4.69) is 31.4 Å². The smallest absolute Gasteiger partial charge is 0.748 e. The molecule has 0 radical (unpaired) electrons. The van der Waals surface area contributed by atoms with Crippen molar-refractivity contribution >= 4 is 31.7 Å². The SMILES string of the molecule is Cc1cc(Br)cc(C)c1-n1ccn(CCCS(=O)(=O)[O-])/c1=N/N=Nc1ccccc1.[K+]. The van der Waals surface area contributed by atoms with Gasteiger partial charge >= 0.3 is 51.4 Å². The van der Waals surface area contributed by atoms with Crippen LogP contribution in [0.1, 0.15) is 17.5 Å². The minimum absolute atomic E-state index is 0. The van der Waals surface area contributed by atoms with Crippen molar-refractivity contribution in [2.75, 3.05) is 5.75 Å². The first-order valence-corrected chi connectivity index (χ1v) is 11.6. The fourth-order valence-electron chi connectivity index (χ4n) is 3.18. The first-order chi connectivity index (χ1) is 14.2. The van der Waals surface area contributed by atoms with Gasteiger partial charge in [0.25, 0.3) is 0 Å². The molecule has 158 valence electrons. The molecule has 0 saturated heterocycles. The van der Waals surface area contributed by atoms with Crippen LogP contribution in [0.2, 0.25) is 0 Å². The number of aromatic nitrogens is 2. The molecule has 3 aromatic rings. The summed E-state index contributed by atoms with van der Waals surface area (Å²) >= 11 is 3.51. The van der Waals surface area contributed by atoms with Crippen LogP contribution < -0.4 is 57.0 Å². The molecule has 0 atom stereocenters. The van der Waals surface area contributed by atoms with E-state index in [4.69, 9.17) is 0 Å². The van der Waals surface area contributed by atoms with E-state index in [0.717, 1.165) is 21.3 Å². The minimum atomic E-state index is -4.27. The second-order valence-electron chi connectivity index (χ2n) is 6.79. The van der Waals surface area contributed by atoms with Crippen LogP contribution in [0.3, 0.4) is 0 Å². The molecule has 11 heteroatoms. The van der Waals surface area contributed by atoms with E-state index < -0.39 is 15.9 Å². The first-order valence-electron chi connectivity index (χ1n) is 9.23. The Kier molecular flexibility index (Phi) is 10.0. The summed E-state index contributed by atoms with van der Waals surface area (Å²) in [6.45, 7) is 4.30. The second-order valence-corrected chi connectivity index (χ2v) is 9.23. The van der Waals surface area contributed by atoms with Gasteiger partial charge in [-0.25, -0.2) is 8.42 Å². The number of halogens is 1. The third kappa shape index (κ3) is 7.57. The second kappa shape index (κ2) is 11.8. The molecule has 0 N–H and O–H groups in total. The molecular formula is C20H21BrKN5O3S. The van der Waals surface area contributed by atoms with Crippen molar-refractivity contribution < 1.29 is 64.4 Å². The number of benzene rings is 2. The summed E-state index contributed by atoms with van der Waals surface area (Å²) < 4.78 is 37.5. The van der Waals surface area contributed by atoms with Gasteiger partial charge in [0.15, 0.2) is 0 Å². The van der Waals surface area contributed by atoms with E-state index >= 15 is 0 Å². The number of hydrogen-bond donors (Lipinski definition) is 0. The molecule has 0 aliphatic rings. The molecule has 0 saturated carbocycles. The van der Waals surface area contributed by atoms with Crippen molar-refractivity contribution in [3.05, 3.63) is 76.1 Å². The van der Waals surface area contributed by atoms with Crippen molar-refractivity contribution in [2.24, 2.45) is 15.4 Å². The van der Waals surface area contributed by atoms with Gasteiger partial charge in [-0.15, -0.1) is 5.11 Å². The topological polar surface area (TPSA) is 104 Å². The predicted molar refractivity (Wildman–Crippen MR) is 117 cm³/mol. The zero-order valence-electron chi connectivity index (χ0n) is 17.6. The Morgan fingerprint density at radius 3 is 2.32 bits per heavy atom. The van der Waals surface area contributed by atoms with Crippen LogP contribution in [0.15, 0.2) is 74.8 Å². The molecule has 8 nitrogen and oxygen atoms in total. The standard InChI is InChI=1S/C20H22BrN5O3S.K/c1-15-13-17(21)14-16(2)19(15)26-11-10-25(9-6-12-30(27,28)29)20(26)23-24-22-18-7-4-3-5-8-18;/h3-5,7-8,10-11,13-14H,6,9,12H2,1-2H3,(H,27,28,29);/q;+1/p-1/b23-20-,24-22?;. The molecule has 0 fully saturated rings. The van der Waals surface area contributed by atoms with Gasteiger partial charge in [-0.05, 0) is 60.9 Å². The Morgan fingerprint density at radius 2 is 1.71 bits per heavy atom. The molecule has 0 aliphatic carbocycles. The number of aryl methyl sites for hydroxylation is 3. The zero-order valence-corrected chi connectivity index (χ0v) is 23.1. The van der Waals surface area contributed by atoms with Crippen molar-refractivity contribution in [3.8, 4) is 5.69 Å². The molecule has 31 heavy (non-hydrogen) atoms. The van der Waals surface area contributed by atoms with E-state index in [0.29, 0.717) is 17.9 Å². The molecule has 0 unspecified atom stereocenters. The minimum Gasteiger partial charge on any atom is -0.748 e. The van der Waals surface area contributed by atoms with E-state index in [1.54, 1.807) is 10.8 Å². The van der Waals surface area contributed by atoms with Crippen molar-refractivity contribution in [3.63, 3.8) is 0 Å². The van der Waals surface area contributed by atoms with Gasteiger partial charge in [0.1, 0.15) is 0 Å². The molecule has 1 heterocycles. The summed E-state index contributed by atoms with van der Waals surface area (Å²) in [5.41, 5.74) is 4.15. The monoisotopic (exact) mass is 529 g/mol. The van der Waals surface area contributed by atoms with Crippen molar-refractivity contribution in [1.29, 1.82) is 0 Å². The van der Waals surface area contributed by atoms with Gasteiger partial charge in [0, 0.05) is 29.2 Å². The van der Waals surface area contributed by atoms with Crippen molar-refractivity contribution in [1.82, 2.24) is 9.13 Å². The Bertz CT molecular complexity index is 1210. The van der Waals surface area contributed by atoms with Crippen LogP contribution >= 0.6 is 15.9 Å². The summed E-state index contributed by atoms with van der Waals surface area (Å²) in [6, 6.07) is 13.2. The maximum absolute atomic E-state index is 11.0. The molecule has 0 spiro atoms. The maximum Gasteiger partial charge on any atom is 1.00 e. The average molecular weight is 530 g/mol. The van der Waals surface area contributed by atoms with Crippen molar-refractivity contribution in [2.45, 2.75) is 26.8 Å². The summed E-state index contributed by atoms with van der Waals surface area (Å²) in [7, 11) is -4.27. The van der Waals surface area contributed by atoms with Gasteiger partial charge in [0.2, 0.25) is 5.62 Å². The normalized spacial score (nSPS) is 12.3. The Labute approximate surface area is 232 Å². The predicted octanol–water partition coefficient (Wildman–Crippen LogP) is 1.20. The number of hydrogen-bond acceptors (Lipinski definition) is 5. The van der Waals surface area contributed by atoms with E-state index in [1.165, 1.54) is 0 Å². The quantitative estimate of drug-likeness (QED) is 0.198. The molecule has 2 aromatic carbocycles. The van der Waals surface area contributed by atoms with E-state index in [9.17, 15) is 13.0 Å². The van der Waals surface area contributed by atoms with Crippen LogP contribution in [-0.4, -0.2) is 27.9 Å². The third-order valence-electron chi connectivity index (χ3n) is 4.41. The number of imidazole rings is 1. The molecular weight excluding hydrogens is 509 g/mol. The summed E-state index contributed by atoms with van der Waals surface area (Å²) in [5.74, 6) is -0.438. The average Bonchev–Trinajstić information content (AvgIpc) is 3.03. The largest absolute Gasteiger partial charge is 1.00 e. The fraction of sp³-hybridized carbons (Fsp3) is 0.250. The molecule has 1 aromatic heterocycles. The molecule has 0 aliphatic heterocycles. The number of rotatable bonds is 7. The van der Waals surface area contributed by atoms with Gasteiger partial charge in [-0.3, -0.25) is 4.57 Å². The molecule has 0 bridgehead atoms. The fourth-order valence-corrected chi connectivity index (χ4v) is 4.35. The Morgan fingerprint density at radius 1 is 1.06 bits per heavy atom. The van der Waals surface area contributed by atoms with Gasteiger partial charge < -0.3 is 9.12 Å². The van der Waals surface area contributed by atoms with Gasteiger partial charge in [-0.2, -0.15) is 0 Å². The van der Waals surface area contributed by atoms with Gasteiger partial charge in [-0.1, -0.05) is 39.2 Å². The molecule has 0 amide bonds. The first kappa shape index (κ1) is 26.3. The summed E-state index contributed by atoms with van der Waals surface area (Å²) in [4.78, 5) is 0. The van der Waals surface area contributed by atoms with Crippen LogP contribution in [0, 0.1) is 13.8 Å². The zero-order chi connectivity index (χ0) is 21.7. The maximum atomic E-state index is 11.0. The van der Waals surface area contributed by atoms with E-state index in [-0.39, 0.29) is 57.8 Å². The number of nitrogens with zero attached hydrogens (tertiary/aromatic N) is 5. The van der Waals surface area contributed by atoms with Gasteiger partial charge in [0.05, 0.1) is 21.5 Å². The van der Waals surface area contributed by atoms with Crippen LogP contribution in [-0.2, 0) is 16.7 Å². The summed E-state index contributed by atoms with van der Waals surface area (Å²) in [6.07, 6.45) is 3.80. The van der Waals surface area contributed by atoms with Crippen LogP contribution in [0.5, 0.6) is 0 Å². The molecule has 3 rings (SSSR count). The van der Waals surface area contributed by atoms with E-state index in [1.807, 2.05) is 67.1 Å². The third-order valence-corrected chi connectivity index (χ3v) is 5.66. The van der Waals surface area contributed by atoms with Crippen LogP contribution in [0.4, 0.5) is 5.69 Å². The summed E-state index contributed by atoms with van der Waals surface area (Å²) in [5, 5.41) is 12.4. The Hall–Kier alpha value is -0.924. The van der Waals surface area contributed by atoms with Crippen LogP contribution in [0.25, 0.3) is 5.69 Å².